The quantitative estimate of drug-likeness (QED) is 0.649. The van der Waals surface area contributed by atoms with Crippen LogP contribution in [0, 0.1) is 5.92 Å². The molecule has 0 aliphatic heterocycles. The minimum atomic E-state index is 0.833. The van der Waals surface area contributed by atoms with Crippen LogP contribution in [0.1, 0.15) is 109 Å². The second-order valence-electron chi connectivity index (χ2n) is 7.70. The number of rotatable bonds is 4. The monoisotopic (exact) mass is 293 g/mol. The van der Waals surface area contributed by atoms with E-state index in [1.165, 1.54) is 116 Å². The molecule has 2 aliphatic rings. The van der Waals surface area contributed by atoms with Crippen LogP contribution in [0.2, 0.25) is 0 Å². The van der Waals surface area contributed by atoms with Crippen molar-refractivity contribution in [3.8, 4) is 0 Å². The number of nitrogens with one attached hydrogen (secondary N) is 1. The molecule has 2 fully saturated rings. The summed E-state index contributed by atoms with van der Waals surface area (Å²) in [5.74, 6) is 1.02. The van der Waals surface area contributed by atoms with E-state index in [-0.39, 0.29) is 0 Å². The van der Waals surface area contributed by atoms with Crippen LogP contribution in [0.5, 0.6) is 0 Å². The smallest absolute Gasteiger partial charge is 0.00670 e. The SMILES string of the molecule is C1CCCCC(CCNC2CCCCCCCC2)CCC1. The zero-order valence-corrected chi connectivity index (χ0v) is 14.4. The van der Waals surface area contributed by atoms with Crippen LogP contribution in [-0.4, -0.2) is 12.6 Å². The van der Waals surface area contributed by atoms with Gasteiger partial charge in [0.1, 0.15) is 0 Å². The molecular formula is C20H39N. The molecule has 0 aromatic heterocycles. The van der Waals surface area contributed by atoms with Gasteiger partial charge in [0.25, 0.3) is 0 Å². The number of hydrogen-bond acceptors (Lipinski definition) is 1. The van der Waals surface area contributed by atoms with Gasteiger partial charge in [-0.2, -0.15) is 0 Å². The zero-order valence-electron chi connectivity index (χ0n) is 14.4. The molecule has 0 atom stereocenters. The van der Waals surface area contributed by atoms with E-state index in [9.17, 15) is 0 Å². The Morgan fingerprint density at radius 2 is 0.952 bits per heavy atom. The van der Waals surface area contributed by atoms with Gasteiger partial charge in [0.05, 0.1) is 0 Å². The molecule has 2 rings (SSSR count). The van der Waals surface area contributed by atoms with Crippen molar-refractivity contribution in [3.05, 3.63) is 0 Å². The molecule has 0 radical (unpaired) electrons. The lowest BCUT2D eigenvalue weighted by molar-refractivity contribution is 0.362. The lowest BCUT2D eigenvalue weighted by Gasteiger charge is -2.21. The Morgan fingerprint density at radius 1 is 0.524 bits per heavy atom. The standard InChI is InChI=1S/C20H39N/c1-2-6-10-14-19(13-9-5-1)17-18-21-20-15-11-7-3-4-8-12-16-20/h19-21H,1-18H2. The highest BCUT2D eigenvalue weighted by molar-refractivity contribution is 4.71. The first kappa shape index (κ1) is 17.3. The fraction of sp³-hybridized carbons (Fsp3) is 1.00. The molecule has 2 saturated carbocycles. The van der Waals surface area contributed by atoms with Crippen molar-refractivity contribution in [1.29, 1.82) is 0 Å². The first-order valence-corrected chi connectivity index (χ1v) is 10.2. The molecule has 124 valence electrons. The molecule has 1 nitrogen and oxygen atoms in total. The van der Waals surface area contributed by atoms with Gasteiger partial charge in [-0.15, -0.1) is 0 Å². The van der Waals surface area contributed by atoms with Crippen molar-refractivity contribution in [2.24, 2.45) is 5.92 Å². The van der Waals surface area contributed by atoms with Gasteiger partial charge in [-0.05, 0) is 31.7 Å². The third-order valence-electron chi connectivity index (χ3n) is 5.82. The average Bonchev–Trinajstić information content (AvgIpc) is 2.71. The summed E-state index contributed by atoms with van der Waals surface area (Å²) in [6.45, 7) is 1.29. The fourth-order valence-electron chi connectivity index (χ4n) is 4.33. The van der Waals surface area contributed by atoms with Crippen molar-refractivity contribution in [2.75, 3.05) is 6.54 Å². The minimum Gasteiger partial charge on any atom is -0.314 e. The topological polar surface area (TPSA) is 12.0 Å². The van der Waals surface area contributed by atoms with E-state index in [2.05, 4.69) is 5.32 Å². The Bertz CT molecular complexity index is 194. The minimum absolute atomic E-state index is 0.833. The largest absolute Gasteiger partial charge is 0.314 e. The van der Waals surface area contributed by atoms with Crippen LogP contribution < -0.4 is 5.32 Å². The number of hydrogen-bond donors (Lipinski definition) is 1. The molecule has 0 spiro atoms. The van der Waals surface area contributed by atoms with Crippen molar-refractivity contribution in [1.82, 2.24) is 5.32 Å². The van der Waals surface area contributed by atoms with Gasteiger partial charge in [-0.3, -0.25) is 0 Å². The Kier molecular flexibility index (Phi) is 9.50. The third-order valence-corrected chi connectivity index (χ3v) is 5.82. The van der Waals surface area contributed by atoms with Gasteiger partial charge in [0.15, 0.2) is 0 Å². The Labute approximate surface area is 133 Å². The lowest BCUT2D eigenvalue weighted by Crippen LogP contribution is -2.31. The molecule has 0 aromatic carbocycles. The summed E-state index contributed by atoms with van der Waals surface area (Å²) in [5.41, 5.74) is 0. The van der Waals surface area contributed by atoms with Crippen molar-refractivity contribution < 1.29 is 0 Å². The first-order valence-electron chi connectivity index (χ1n) is 10.2. The average molecular weight is 294 g/mol. The second kappa shape index (κ2) is 11.5. The zero-order chi connectivity index (χ0) is 14.6. The maximum atomic E-state index is 3.92. The Morgan fingerprint density at radius 3 is 1.48 bits per heavy atom. The molecule has 0 unspecified atom stereocenters. The van der Waals surface area contributed by atoms with Crippen LogP contribution in [-0.2, 0) is 0 Å². The highest BCUT2D eigenvalue weighted by Gasteiger charge is 2.13. The summed E-state index contributed by atoms with van der Waals surface area (Å²) >= 11 is 0. The molecule has 0 amide bonds. The van der Waals surface area contributed by atoms with Gasteiger partial charge in [-0.25, -0.2) is 0 Å². The summed E-state index contributed by atoms with van der Waals surface area (Å²) in [7, 11) is 0. The normalized spacial score (nSPS) is 25.1. The van der Waals surface area contributed by atoms with Crippen molar-refractivity contribution >= 4 is 0 Å². The van der Waals surface area contributed by atoms with Gasteiger partial charge < -0.3 is 5.32 Å². The molecule has 0 bridgehead atoms. The maximum Gasteiger partial charge on any atom is 0.00670 e. The van der Waals surface area contributed by atoms with E-state index in [1.54, 1.807) is 0 Å². The summed E-state index contributed by atoms with van der Waals surface area (Å²) in [4.78, 5) is 0. The predicted molar refractivity (Wildman–Crippen MR) is 93.8 cm³/mol. The molecule has 21 heavy (non-hydrogen) atoms. The highest BCUT2D eigenvalue weighted by Crippen LogP contribution is 2.24. The molecular weight excluding hydrogens is 254 g/mol. The van der Waals surface area contributed by atoms with Crippen LogP contribution in [0.3, 0.4) is 0 Å². The Balaban J connectivity index is 1.61. The second-order valence-corrected chi connectivity index (χ2v) is 7.70. The van der Waals surface area contributed by atoms with Crippen molar-refractivity contribution in [3.63, 3.8) is 0 Å². The van der Waals surface area contributed by atoms with Crippen molar-refractivity contribution in [2.45, 2.75) is 115 Å². The molecule has 0 aromatic rings. The highest BCUT2D eigenvalue weighted by atomic mass is 14.9. The molecule has 0 saturated heterocycles. The van der Waals surface area contributed by atoms with E-state index in [4.69, 9.17) is 0 Å². The lowest BCUT2D eigenvalue weighted by atomic mass is 9.93. The summed E-state index contributed by atoms with van der Waals surface area (Å²) < 4.78 is 0. The van der Waals surface area contributed by atoms with Crippen LogP contribution >= 0.6 is 0 Å². The summed E-state index contributed by atoms with van der Waals surface area (Å²) in [6, 6.07) is 0.833. The fourth-order valence-corrected chi connectivity index (χ4v) is 4.33. The van der Waals surface area contributed by atoms with E-state index in [1.807, 2.05) is 0 Å². The van der Waals surface area contributed by atoms with Gasteiger partial charge >= 0.3 is 0 Å². The van der Waals surface area contributed by atoms with E-state index >= 15 is 0 Å². The maximum absolute atomic E-state index is 3.92. The summed E-state index contributed by atoms with van der Waals surface area (Å²) in [6.07, 6.45) is 25.1. The van der Waals surface area contributed by atoms with Gasteiger partial charge in [0, 0.05) is 6.04 Å². The van der Waals surface area contributed by atoms with Crippen LogP contribution in [0.15, 0.2) is 0 Å². The summed E-state index contributed by atoms with van der Waals surface area (Å²) in [5, 5.41) is 3.92. The predicted octanol–water partition coefficient (Wildman–Crippen LogP) is 6.22. The molecule has 1 N–H and O–H groups in total. The third kappa shape index (κ3) is 8.24. The Hall–Kier alpha value is -0.0400. The van der Waals surface area contributed by atoms with E-state index in [0.29, 0.717) is 0 Å². The molecule has 0 heterocycles. The van der Waals surface area contributed by atoms with Crippen LogP contribution in [0.4, 0.5) is 0 Å². The van der Waals surface area contributed by atoms with Gasteiger partial charge in [0.2, 0.25) is 0 Å². The van der Waals surface area contributed by atoms with E-state index < -0.39 is 0 Å². The molecule has 1 heteroatoms. The van der Waals surface area contributed by atoms with E-state index in [0.717, 1.165) is 12.0 Å². The first-order chi connectivity index (χ1) is 10.4. The van der Waals surface area contributed by atoms with Crippen LogP contribution in [0.25, 0.3) is 0 Å². The van der Waals surface area contributed by atoms with Gasteiger partial charge in [-0.1, -0.05) is 89.9 Å². The molecule has 2 aliphatic carbocycles.